The molecule has 110 valence electrons. The predicted octanol–water partition coefficient (Wildman–Crippen LogP) is 3.04. The first-order valence-electron chi connectivity index (χ1n) is 6.96. The number of thioether (sulfide) groups is 1. The number of hydrogen-bond acceptors (Lipinski definition) is 5. The van der Waals surface area contributed by atoms with E-state index in [9.17, 15) is 0 Å². The van der Waals surface area contributed by atoms with Crippen LogP contribution in [0.2, 0.25) is 0 Å². The van der Waals surface area contributed by atoms with Gasteiger partial charge in [0.05, 0.1) is 17.2 Å². The summed E-state index contributed by atoms with van der Waals surface area (Å²) in [5.74, 6) is 1.76. The van der Waals surface area contributed by atoms with Crippen LogP contribution in [0.25, 0.3) is 0 Å². The number of nitrogens with zero attached hydrogens (tertiary/aromatic N) is 4. The molecule has 0 saturated carbocycles. The van der Waals surface area contributed by atoms with Gasteiger partial charge >= 0.3 is 0 Å². The molecular formula is C17H16N4S. The van der Waals surface area contributed by atoms with Crippen molar-refractivity contribution in [3.05, 3.63) is 59.3 Å². The average Bonchev–Trinajstić information content (AvgIpc) is 3.06. The molecule has 5 heteroatoms. The van der Waals surface area contributed by atoms with E-state index in [1.807, 2.05) is 54.9 Å². The topological polar surface area (TPSA) is 52.3 Å². The number of benzene rings is 1. The smallest absolute Gasteiger partial charge is 0.134 e. The SMILES string of the molecule is CN(C)c1ncccc1C1(c2ccc(C#N)cc2)CSC=N1. The predicted molar refractivity (Wildman–Crippen MR) is 91.5 cm³/mol. The van der Waals surface area contributed by atoms with Gasteiger partial charge in [0.25, 0.3) is 0 Å². The number of anilines is 1. The molecule has 0 N–H and O–H groups in total. The summed E-state index contributed by atoms with van der Waals surface area (Å²) in [5.41, 5.74) is 4.30. The maximum absolute atomic E-state index is 8.99. The quantitative estimate of drug-likeness (QED) is 0.874. The first-order chi connectivity index (χ1) is 10.7. The third-order valence-electron chi connectivity index (χ3n) is 3.79. The lowest BCUT2D eigenvalue weighted by Gasteiger charge is -2.30. The van der Waals surface area contributed by atoms with Crippen molar-refractivity contribution in [2.45, 2.75) is 5.54 Å². The molecular weight excluding hydrogens is 292 g/mol. The Kier molecular flexibility index (Phi) is 3.86. The highest BCUT2D eigenvalue weighted by Crippen LogP contribution is 2.43. The summed E-state index contributed by atoms with van der Waals surface area (Å²) >= 11 is 1.70. The van der Waals surface area contributed by atoms with Crippen LogP contribution in [0.5, 0.6) is 0 Å². The number of hydrogen-bond donors (Lipinski definition) is 0. The molecule has 22 heavy (non-hydrogen) atoms. The highest BCUT2D eigenvalue weighted by Gasteiger charge is 2.39. The zero-order valence-corrected chi connectivity index (χ0v) is 13.3. The molecule has 1 aromatic heterocycles. The lowest BCUT2D eigenvalue weighted by atomic mass is 9.84. The van der Waals surface area contributed by atoms with Crippen molar-refractivity contribution >= 4 is 23.1 Å². The Labute approximate surface area is 134 Å². The highest BCUT2D eigenvalue weighted by molar-refractivity contribution is 8.12. The zero-order chi connectivity index (χ0) is 15.6. The third kappa shape index (κ3) is 2.36. The molecule has 1 atom stereocenters. The van der Waals surface area contributed by atoms with Gasteiger partial charge in [-0.05, 0) is 23.8 Å². The maximum Gasteiger partial charge on any atom is 0.134 e. The van der Waals surface area contributed by atoms with Gasteiger partial charge in [0, 0.05) is 31.6 Å². The second-order valence-corrected chi connectivity index (χ2v) is 6.20. The number of aromatic nitrogens is 1. The molecule has 0 aliphatic carbocycles. The largest absolute Gasteiger partial charge is 0.362 e. The van der Waals surface area contributed by atoms with Gasteiger partial charge in [-0.1, -0.05) is 18.2 Å². The number of nitriles is 1. The Morgan fingerprint density at radius 3 is 2.59 bits per heavy atom. The fourth-order valence-corrected chi connectivity index (χ4v) is 3.65. The third-order valence-corrected chi connectivity index (χ3v) is 4.63. The van der Waals surface area contributed by atoms with E-state index in [-0.39, 0.29) is 0 Å². The minimum atomic E-state index is -0.438. The van der Waals surface area contributed by atoms with E-state index in [4.69, 9.17) is 10.3 Å². The fraction of sp³-hybridized carbons (Fsp3) is 0.235. The van der Waals surface area contributed by atoms with E-state index >= 15 is 0 Å². The van der Waals surface area contributed by atoms with Crippen molar-refractivity contribution in [2.24, 2.45) is 4.99 Å². The van der Waals surface area contributed by atoms with Crippen LogP contribution in [0.1, 0.15) is 16.7 Å². The highest BCUT2D eigenvalue weighted by atomic mass is 32.2. The van der Waals surface area contributed by atoms with Crippen LogP contribution in [-0.2, 0) is 5.54 Å². The van der Waals surface area contributed by atoms with Gasteiger partial charge in [-0.2, -0.15) is 5.26 Å². The van der Waals surface area contributed by atoms with Crippen molar-refractivity contribution in [1.29, 1.82) is 5.26 Å². The summed E-state index contributed by atoms with van der Waals surface area (Å²) in [6, 6.07) is 13.9. The monoisotopic (exact) mass is 308 g/mol. The van der Waals surface area contributed by atoms with Gasteiger partial charge in [-0.3, -0.25) is 4.99 Å². The van der Waals surface area contributed by atoms with Crippen LogP contribution in [0.3, 0.4) is 0 Å². The standard InChI is InChI=1S/C17H16N4S/c1-21(2)16-15(4-3-9-19-16)17(11-22-12-20-17)14-7-5-13(10-18)6-8-14/h3-9,12H,11H2,1-2H3. The molecule has 2 heterocycles. The summed E-state index contributed by atoms with van der Waals surface area (Å²) < 4.78 is 0. The van der Waals surface area contributed by atoms with E-state index in [0.717, 1.165) is 22.7 Å². The molecule has 0 radical (unpaired) electrons. The first kappa shape index (κ1) is 14.6. The van der Waals surface area contributed by atoms with Crippen molar-refractivity contribution in [3.8, 4) is 6.07 Å². The maximum atomic E-state index is 8.99. The van der Waals surface area contributed by atoms with Gasteiger partial charge < -0.3 is 4.90 Å². The van der Waals surface area contributed by atoms with Crippen molar-refractivity contribution in [2.75, 3.05) is 24.7 Å². The van der Waals surface area contributed by atoms with E-state index in [2.05, 4.69) is 17.1 Å². The van der Waals surface area contributed by atoms with Crippen LogP contribution >= 0.6 is 11.8 Å². The van der Waals surface area contributed by atoms with Crippen LogP contribution in [0.15, 0.2) is 47.6 Å². The Bertz CT molecular complexity index is 746. The molecule has 1 unspecified atom stereocenters. The van der Waals surface area contributed by atoms with Gasteiger partial charge in [0.2, 0.25) is 0 Å². The van der Waals surface area contributed by atoms with Crippen molar-refractivity contribution < 1.29 is 0 Å². The van der Waals surface area contributed by atoms with Crippen LogP contribution in [0.4, 0.5) is 5.82 Å². The Morgan fingerprint density at radius 1 is 1.23 bits per heavy atom. The van der Waals surface area contributed by atoms with Crippen LogP contribution in [-0.4, -0.2) is 30.4 Å². The summed E-state index contributed by atoms with van der Waals surface area (Å²) in [5, 5.41) is 8.99. The summed E-state index contributed by atoms with van der Waals surface area (Å²) in [6.45, 7) is 0. The second kappa shape index (κ2) is 5.82. The second-order valence-electron chi connectivity index (χ2n) is 5.36. The minimum Gasteiger partial charge on any atom is -0.362 e. The molecule has 4 nitrogen and oxygen atoms in total. The summed E-state index contributed by atoms with van der Waals surface area (Å²) in [7, 11) is 3.98. The molecule has 0 spiro atoms. The average molecular weight is 308 g/mol. The Hall–Kier alpha value is -2.32. The molecule has 0 fully saturated rings. The first-order valence-corrected chi connectivity index (χ1v) is 8.01. The van der Waals surface area contributed by atoms with Gasteiger partial charge in [0.1, 0.15) is 11.4 Å². The molecule has 2 aromatic rings. The molecule has 3 rings (SSSR count). The van der Waals surface area contributed by atoms with Crippen molar-refractivity contribution in [3.63, 3.8) is 0 Å². The molecule has 0 saturated heterocycles. The lowest BCUT2D eigenvalue weighted by molar-refractivity contribution is 0.627. The van der Waals surface area contributed by atoms with Crippen molar-refractivity contribution in [1.82, 2.24) is 4.98 Å². The molecule has 1 aliphatic rings. The summed E-state index contributed by atoms with van der Waals surface area (Å²) in [6.07, 6.45) is 1.80. The fourth-order valence-electron chi connectivity index (χ4n) is 2.68. The number of rotatable bonds is 3. The van der Waals surface area contributed by atoms with E-state index in [1.54, 1.807) is 18.0 Å². The van der Waals surface area contributed by atoms with Gasteiger partial charge in [-0.25, -0.2) is 4.98 Å². The minimum absolute atomic E-state index is 0.438. The van der Waals surface area contributed by atoms with E-state index in [1.165, 1.54) is 0 Å². The number of aliphatic imine (C=N–C) groups is 1. The molecule has 1 aromatic carbocycles. The lowest BCUT2D eigenvalue weighted by Crippen LogP contribution is -2.29. The molecule has 1 aliphatic heterocycles. The van der Waals surface area contributed by atoms with E-state index < -0.39 is 5.54 Å². The van der Waals surface area contributed by atoms with Crippen LogP contribution < -0.4 is 4.90 Å². The molecule has 0 amide bonds. The molecule has 0 bridgehead atoms. The van der Waals surface area contributed by atoms with Crippen LogP contribution in [0, 0.1) is 11.3 Å². The van der Waals surface area contributed by atoms with Gasteiger partial charge in [-0.15, -0.1) is 11.8 Å². The summed E-state index contributed by atoms with van der Waals surface area (Å²) in [4.78, 5) is 11.3. The zero-order valence-electron chi connectivity index (χ0n) is 12.5. The Morgan fingerprint density at radius 2 is 2.00 bits per heavy atom. The van der Waals surface area contributed by atoms with E-state index in [0.29, 0.717) is 5.56 Å². The van der Waals surface area contributed by atoms with Gasteiger partial charge in [0.15, 0.2) is 0 Å². The normalized spacial score (nSPS) is 19.9. The number of pyridine rings is 1. The Balaban J connectivity index is 2.18.